The maximum absolute atomic E-state index is 5.51. The molecule has 1 saturated carbocycles. The van der Waals surface area contributed by atoms with Gasteiger partial charge < -0.3 is 10.1 Å². The zero-order valence-corrected chi connectivity index (χ0v) is 11.1. The summed E-state index contributed by atoms with van der Waals surface area (Å²) in [7, 11) is 1.76. The number of nitrogens with one attached hydrogen (secondary N) is 1. The van der Waals surface area contributed by atoms with Gasteiger partial charge in [0.25, 0.3) is 0 Å². The first-order valence-electron chi connectivity index (χ1n) is 6.96. The minimum Gasteiger partial charge on any atom is -0.496 e. The molecule has 1 saturated heterocycles. The number of ether oxygens (including phenoxy) is 1. The highest BCUT2D eigenvalue weighted by atomic mass is 16.5. The molecule has 0 radical (unpaired) electrons. The Balaban J connectivity index is 1.81. The van der Waals surface area contributed by atoms with E-state index < -0.39 is 0 Å². The van der Waals surface area contributed by atoms with E-state index in [2.05, 4.69) is 28.4 Å². The summed E-state index contributed by atoms with van der Waals surface area (Å²) in [6.07, 6.45) is 2.84. The summed E-state index contributed by atoms with van der Waals surface area (Å²) >= 11 is 0. The number of nitrogens with zero attached hydrogens (tertiary/aromatic N) is 1. The van der Waals surface area contributed by atoms with Crippen molar-refractivity contribution in [3.05, 3.63) is 29.8 Å². The molecule has 0 bridgehead atoms. The third-order valence-electron chi connectivity index (χ3n) is 4.04. The van der Waals surface area contributed by atoms with Gasteiger partial charge in [0.05, 0.1) is 13.2 Å². The molecule has 3 nitrogen and oxygen atoms in total. The van der Waals surface area contributed by atoms with Gasteiger partial charge in [-0.05, 0) is 24.8 Å². The average molecular weight is 246 g/mol. The van der Waals surface area contributed by atoms with Crippen molar-refractivity contribution >= 4 is 0 Å². The number of benzene rings is 1. The second-order valence-corrected chi connectivity index (χ2v) is 5.40. The minimum absolute atomic E-state index is 0.468. The molecule has 0 spiro atoms. The van der Waals surface area contributed by atoms with Gasteiger partial charge in [-0.15, -0.1) is 0 Å². The van der Waals surface area contributed by atoms with Crippen LogP contribution in [-0.2, 0) is 0 Å². The van der Waals surface area contributed by atoms with Crippen molar-refractivity contribution in [1.82, 2.24) is 10.2 Å². The second kappa shape index (κ2) is 5.29. The first kappa shape index (κ1) is 12.0. The van der Waals surface area contributed by atoms with Gasteiger partial charge in [0.15, 0.2) is 0 Å². The van der Waals surface area contributed by atoms with Crippen molar-refractivity contribution in [2.75, 3.05) is 33.3 Å². The molecule has 1 aromatic carbocycles. The molecule has 1 heterocycles. The van der Waals surface area contributed by atoms with E-state index in [4.69, 9.17) is 4.74 Å². The second-order valence-electron chi connectivity index (χ2n) is 5.40. The lowest BCUT2D eigenvalue weighted by molar-refractivity contribution is 0.152. The molecule has 98 valence electrons. The highest BCUT2D eigenvalue weighted by Crippen LogP contribution is 2.35. The van der Waals surface area contributed by atoms with Gasteiger partial charge in [0.2, 0.25) is 0 Å². The van der Waals surface area contributed by atoms with Crippen LogP contribution in [0.25, 0.3) is 0 Å². The molecule has 3 rings (SSSR count). The number of piperazine rings is 1. The molecule has 1 aliphatic carbocycles. The van der Waals surface area contributed by atoms with Gasteiger partial charge >= 0.3 is 0 Å². The van der Waals surface area contributed by atoms with E-state index in [0.29, 0.717) is 6.04 Å². The quantitative estimate of drug-likeness (QED) is 0.880. The van der Waals surface area contributed by atoms with Gasteiger partial charge in [-0.3, -0.25) is 4.90 Å². The standard InChI is InChI=1S/C15H22N2O/c1-18-15-5-3-2-4-13(15)14-10-16-8-9-17(14)11-12-6-7-12/h2-5,12,14,16H,6-11H2,1H3/t14-/m1/s1. The van der Waals surface area contributed by atoms with Gasteiger partial charge in [-0.1, -0.05) is 18.2 Å². The summed E-state index contributed by atoms with van der Waals surface area (Å²) in [6, 6.07) is 8.90. The smallest absolute Gasteiger partial charge is 0.123 e. The minimum atomic E-state index is 0.468. The van der Waals surface area contributed by atoms with Crippen LogP contribution in [0.5, 0.6) is 5.75 Å². The molecule has 2 fully saturated rings. The Morgan fingerprint density at radius 1 is 1.33 bits per heavy atom. The predicted molar refractivity (Wildman–Crippen MR) is 72.9 cm³/mol. The van der Waals surface area contributed by atoms with Gasteiger partial charge in [0.1, 0.15) is 5.75 Å². The molecule has 0 aromatic heterocycles. The fourth-order valence-electron chi connectivity index (χ4n) is 2.85. The lowest BCUT2D eigenvalue weighted by atomic mass is 10.0. The fourth-order valence-corrected chi connectivity index (χ4v) is 2.85. The van der Waals surface area contributed by atoms with Crippen LogP contribution in [0, 0.1) is 5.92 Å². The summed E-state index contributed by atoms with van der Waals surface area (Å²) < 4.78 is 5.51. The normalized spacial score (nSPS) is 25.1. The van der Waals surface area contributed by atoms with E-state index in [1.165, 1.54) is 24.9 Å². The Morgan fingerprint density at radius 2 is 2.17 bits per heavy atom. The Morgan fingerprint density at radius 3 is 2.94 bits per heavy atom. The van der Waals surface area contributed by atoms with E-state index in [-0.39, 0.29) is 0 Å². The maximum atomic E-state index is 5.51. The number of hydrogen-bond donors (Lipinski definition) is 1. The molecule has 0 unspecified atom stereocenters. The zero-order valence-electron chi connectivity index (χ0n) is 11.1. The molecule has 1 aromatic rings. The number of rotatable bonds is 4. The molecule has 3 heteroatoms. The van der Waals surface area contributed by atoms with Crippen LogP contribution in [0.15, 0.2) is 24.3 Å². The van der Waals surface area contributed by atoms with Crippen LogP contribution in [0.3, 0.4) is 0 Å². The van der Waals surface area contributed by atoms with Crippen LogP contribution in [0.1, 0.15) is 24.4 Å². The van der Waals surface area contributed by atoms with Crippen LogP contribution < -0.4 is 10.1 Å². The molecular weight excluding hydrogens is 224 g/mol. The third-order valence-corrected chi connectivity index (χ3v) is 4.04. The highest BCUT2D eigenvalue weighted by molar-refractivity contribution is 5.36. The Bertz CT molecular complexity index is 403. The van der Waals surface area contributed by atoms with Crippen LogP contribution in [0.4, 0.5) is 0 Å². The third kappa shape index (κ3) is 2.52. The molecule has 1 aliphatic heterocycles. The van der Waals surface area contributed by atoms with Crippen LogP contribution in [0.2, 0.25) is 0 Å². The number of hydrogen-bond acceptors (Lipinski definition) is 3. The van der Waals surface area contributed by atoms with Crippen LogP contribution in [-0.4, -0.2) is 38.2 Å². The summed E-state index contributed by atoms with van der Waals surface area (Å²) in [5.74, 6) is 1.97. The van der Waals surface area contributed by atoms with Crippen molar-refractivity contribution in [2.24, 2.45) is 5.92 Å². The molecule has 0 amide bonds. The largest absolute Gasteiger partial charge is 0.496 e. The highest BCUT2D eigenvalue weighted by Gasteiger charge is 2.31. The van der Waals surface area contributed by atoms with E-state index in [0.717, 1.165) is 31.3 Å². The van der Waals surface area contributed by atoms with Crippen molar-refractivity contribution in [3.63, 3.8) is 0 Å². The first-order valence-corrected chi connectivity index (χ1v) is 6.96. The van der Waals surface area contributed by atoms with Crippen molar-refractivity contribution in [3.8, 4) is 5.75 Å². The van der Waals surface area contributed by atoms with Gasteiger partial charge in [-0.2, -0.15) is 0 Å². The van der Waals surface area contributed by atoms with Crippen molar-refractivity contribution < 1.29 is 4.74 Å². The zero-order chi connectivity index (χ0) is 12.4. The average Bonchev–Trinajstić information content (AvgIpc) is 3.23. The number of para-hydroxylation sites is 1. The lowest BCUT2D eigenvalue weighted by Crippen LogP contribution is -2.46. The molecule has 2 aliphatic rings. The Labute approximate surface area is 109 Å². The van der Waals surface area contributed by atoms with E-state index >= 15 is 0 Å². The van der Waals surface area contributed by atoms with Gasteiger partial charge in [-0.25, -0.2) is 0 Å². The number of methoxy groups -OCH3 is 1. The molecular formula is C15H22N2O. The van der Waals surface area contributed by atoms with Crippen LogP contribution >= 0.6 is 0 Å². The van der Waals surface area contributed by atoms with Crippen molar-refractivity contribution in [2.45, 2.75) is 18.9 Å². The topological polar surface area (TPSA) is 24.5 Å². The van der Waals surface area contributed by atoms with E-state index in [1.54, 1.807) is 7.11 Å². The maximum Gasteiger partial charge on any atom is 0.123 e. The summed E-state index contributed by atoms with van der Waals surface area (Å²) in [4.78, 5) is 2.63. The summed E-state index contributed by atoms with van der Waals surface area (Å²) in [5.41, 5.74) is 1.33. The summed E-state index contributed by atoms with van der Waals surface area (Å²) in [5, 5.41) is 3.51. The fraction of sp³-hybridized carbons (Fsp3) is 0.600. The predicted octanol–water partition coefficient (Wildman–Crippen LogP) is 2.05. The SMILES string of the molecule is COc1ccccc1[C@H]1CNCCN1CC1CC1. The van der Waals surface area contributed by atoms with Crippen molar-refractivity contribution in [1.29, 1.82) is 0 Å². The monoisotopic (exact) mass is 246 g/mol. The molecule has 1 atom stereocenters. The first-order chi connectivity index (χ1) is 8.88. The molecule has 18 heavy (non-hydrogen) atoms. The lowest BCUT2D eigenvalue weighted by Gasteiger charge is -2.37. The van der Waals surface area contributed by atoms with Gasteiger partial charge in [0, 0.05) is 31.7 Å². The molecule has 1 N–H and O–H groups in total. The Hall–Kier alpha value is -1.06. The summed E-state index contributed by atoms with van der Waals surface area (Å²) in [6.45, 7) is 4.55. The Kier molecular flexibility index (Phi) is 3.52. The van der Waals surface area contributed by atoms with E-state index in [1.807, 2.05) is 6.07 Å². The van der Waals surface area contributed by atoms with E-state index in [9.17, 15) is 0 Å².